The highest BCUT2D eigenvalue weighted by molar-refractivity contribution is 5.94. The molecule has 0 bridgehead atoms. The highest BCUT2D eigenvalue weighted by Crippen LogP contribution is 2.27. The number of nitrogens with zero attached hydrogens (tertiary/aromatic N) is 1. The number of para-hydroxylation sites is 1. The first-order valence-electron chi connectivity index (χ1n) is 7.44. The van der Waals surface area contributed by atoms with Crippen molar-refractivity contribution in [1.29, 1.82) is 0 Å². The van der Waals surface area contributed by atoms with E-state index in [2.05, 4.69) is 15.3 Å². The Kier molecular flexibility index (Phi) is 4.54. The molecule has 6 heteroatoms. The Balaban J connectivity index is 1.92. The van der Waals surface area contributed by atoms with E-state index in [0.717, 1.165) is 34.6 Å². The van der Waals surface area contributed by atoms with Crippen LogP contribution in [0.2, 0.25) is 0 Å². The second-order valence-corrected chi connectivity index (χ2v) is 5.07. The zero-order chi connectivity index (χ0) is 16.1. The molecule has 1 amide bonds. The number of carbonyl (C=O) groups is 1. The first-order valence-corrected chi connectivity index (χ1v) is 7.44. The molecule has 0 atom stereocenters. The van der Waals surface area contributed by atoms with Gasteiger partial charge in [0.25, 0.3) is 0 Å². The Morgan fingerprint density at radius 1 is 1.26 bits per heavy atom. The van der Waals surface area contributed by atoms with Gasteiger partial charge in [-0.15, -0.1) is 0 Å². The maximum absolute atomic E-state index is 10.7. The van der Waals surface area contributed by atoms with Crippen LogP contribution in [0.1, 0.15) is 6.42 Å². The number of carbonyl (C=O) groups excluding carboxylic acids is 1. The average Bonchev–Trinajstić information content (AvgIpc) is 3.01. The average molecular weight is 310 g/mol. The highest BCUT2D eigenvalue weighted by atomic mass is 16.5. The van der Waals surface area contributed by atoms with Crippen LogP contribution >= 0.6 is 0 Å². The lowest BCUT2D eigenvalue weighted by atomic mass is 10.2. The second kappa shape index (κ2) is 6.93. The molecule has 3 rings (SSSR count). The summed E-state index contributed by atoms with van der Waals surface area (Å²) < 4.78 is 5.66. The van der Waals surface area contributed by atoms with Gasteiger partial charge in [0.1, 0.15) is 17.1 Å². The normalized spacial score (nSPS) is 10.7. The number of amides is 1. The van der Waals surface area contributed by atoms with Gasteiger partial charge in [-0.2, -0.15) is 0 Å². The summed E-state index contributed by atoms with van der Waals surface area (Å²) >= 11 is 0. The zero-order valence-electron chi connectivity index (χ0n) is 12.6. The van der Waals surface area contributed by atoms with Crippen LogP contribution in [-0.2, 0) is 4.79 Å². The Hall–Kier alpha value is -2.86. The number of hydrogen-bond acceptors (Lipinski definition) is 4. The van der Waals surface area contributed by atoms with Gasteiger partial charge in [0.15, 0.2) is 0 Å². The molecule has 0 fully saturated rings. The molecule has 0 aliphatic heterocycles. The van der Waals surface area contributed by atoms with Crippen LogP contribution in [0.4, 0.5) is 5.69 Å². The van der Waals surface area contributed by atoms with Crippen molar-refractivity contribution in [2.45, 2.75) is 6.42 Å². The molecule has 1 heterocycles. The molecule has 0 saturated heterocycles. The Bertz CT molecular complexity index is 813. The summed E-state index contributed by atoms with van der Waals surface area (Å²) in [4.78, 5) is 18.5. The first-order chi connectivity index (χ1) is 11.3. The molecule has 3 aromatic rings. The van der Waals surface area contributed by atoms with Crippen LogP contribution in [0, 0.1) is 0 Å². The van der Waals surface area contributed by atoms with E-state index in [-0.39, 0.29) is 0 Å². The predicted octanol–water partition coefficient (Wildman–Crippen LogP) is 2.53. The minimum Gasteiger partial charge on any atom is -0.494 e. The molecular weight excluding hydrogens is 292 g/mol. The topological polar surface area (TPSA) is 93.0 Å². The Labute approximate surface area is 133 Å². The van der Waals surface area contributed by atoms with E-state index < -0.39 is 0 Å². The number of fused-ring (bicyclic) bond motifs is 1. The van der Waals surface area contributed by atoms with Crippen LogP contribution < -0.4 is 15.8 Å². The number of aromatic nitrogens is 2. The summed E-state index contributed by atoms with van der Waals surface area (Å²) in [5.41, 5.74) is 8.65. The lowest BCUT2D eigenvalue weighted by Crippen LogP contribution is -2.06. The van der Waals surface area contributed by atoms with Crippen molar-refractivity contribution < 1.29 is 9.53 Å². The number of aromatic amines is 1. The van der Waals surface area contributed by atoms with E-state index in [4.69, 9.17) is 10.5 Å². The molecule has 0 spiro atoms. The van der Waals surface area contributed by atoms with Gasteiger partial charge in [-0.1, -0.05) is 18.2 Å². The molecule has 1 aromatic heterocycles. The summed E-state index contributed by atoms with van der Waals surface area (Å²) in [6.45, 7) is 1.20. The third-order valence-corrected chi connectivity index (χ3v) is 3.45. The summed E-state index contributed by atoms with van der Waals surface area (Å²) in [5.74, 6) is 1.51. The third kappa shape index (κ3) is 3.32. The van der Waals surface area contributed by atoms with Crippen LogP contribution in [0.5, 0.6) is 5.75 Å². The van der Waals surface area contributed by atoms with Gasteiger partial charge in [-0.05, 0) is 37.2 Å². The lowest BCUT2D eigenvalue weighted by molar-refractivity contribution is -0.105. The summed E-state index contributed by atoms with van der Waals surface area (Å²) in [6.07, 6.45) is 1.46. The van der Waals surface area contributed by atoms with Crippen LogP contribution in [0.3, 0.4) is 0 Å². The number of hydrogen-bond donors (Lipinski definition) is 3. The Morgan fingerprint density at radius 3 is 2.96 bits per heavy atom. The van der Waals surface area contributed by atoms with Crippen molar-refractivity contribution in [2.24, 2.45) is 5.73 Å². The van der Waals surface area contributed by atoms with E-state index in [0.29, 0.717) is 25.2 Å². The van der Waals surface area contributed by atoms with Crippen molar-refractivity contribution in [2.75, 3.05) is 18.5 Å². The van der Waals surface area contributed by atoms with Crippen molar-refractivity contribution in [1.82, 2.24) is 9.97 Å². The van der Waals surface area contributed by atoms with E-state index in [1.807, 2.05) is 42.5 Å². The van der Waals surface area contributed by atoms with E-state index in [1.165, 1.54) is 0 Å². The summed E-state index contributed by atoms with van der Waals surface area (Å²) in [6, 6.07) is 13.3. The van der Waals surface area contributed by atoms with Crippen LogP contribution in [0.15, 0.2) is 42.5 Å². The molecule has 0 aliphatic rings. The molecule has 2 aromatic carbocycles. The molecule has 0 saturated carbocycles. The van der Waals surface area contributed by atoms with Gasteiger partial charge in [0.05, 0.1) is 17.8 Å². The molecule has 4 N–H and O–H groups in total. The number of ether oxygens (including phenoxy) is 1. The van der Waals surface area contributed by atoms with Crippen molar-refractivity contribution >= 4 is 23.1 Å². The van der Waals surface area contributed by atoms with Gasteiger partial charge < -0.3 is 20.8 Å². The second-order valence-electron chi connectivity index (χ2n) is 5.07. The maximum atomic E-state index is 10.7. The molecule has 0 radical (unpaired) electrons. The van der Waals surface area contributed by atoms with Gasteiger partial charge >= 0.3 is 0 Å². The largest absolute Gasteiger partial charge is 0.494 e. The molecule has 118 valence electrons. The van der Waals surface area contributed by atoms with Gasteiger partial charge in [-0.3, -0.25) is 4.79 Å². The molecule has 0 unspecified atom stereocenters. The molecule has 23 heavy (non-hydrogen) atoms. The van der Waals surface area contributed by atoms with Gasteiger partial charge in [0.2, 0.25) is 6.41 Å². The van der Waals surface area contributed by atoms with Gasteiger partial charge in [0, 0.05) is 5.56 Å². The highest BCUT2D eigenvalue weighted by Gasteiger charge is 2.09. The number of H-pyrrole nitrogens is 1. The number of imidazole rings is 1. The monoisotopic (exact) mass is 310 g/mol. The smallest absolute Gasteiger partial charge is 0.211 e. The molecular formula is C17H18N4O2. The first kappa shape index (κ1) is 15.1. The minimum atomic E-state index is 0.591. The predicted molar refractivity (Wildman–Crippen MR) is 90.4 cm³/mol. The Morgan fingerprint density at radius 2 is 2.13 bits per heavy atom. The van der Waals surface area contributed by atoms with Gasteiger partial charge in [-0.25, -0.2) is 4.98 Å². The fourth-order valence-corrected chi connectivity index (χ4v) is 2.36. The maximum Gasteiger partial charge on any atom is 0.211 e. The van der Waals surface area contributed by atoms with Crippen molar-refractivity contribution in [3.63, 3.8) is 0 Å². The van der Waals surface area contributed by atoms with Crippen molar-refractivity contribution in [3.05, 3.63) is 42.5 Å². The molecule has 0 aliphatic carbocycles. The third-order valence-electron chi connectivity index (χ3n) is 3.45. The van der Waals surface area contributed by atoms with E-state index in [9.17, 15) is 4.79 Å². The van der Waals surface area contributed by atoms with E-state index >= 15 is 0 Å². The van der Waals surface area contributed by atoms with E-state index in [1.54, 1.807) is 0 Å². The number of rotatable bonds is 7. The number of benzene rings is 2. The quantitative estimate of drug-likeness (QED) is 0.462. The lowest BCUT2D eigenvalue weighted by Gasteiger charge is -2.06. The zero-order valence-corrected chi connectivity index (χ0v) is 12.6. The van der Waals surface area contributed by atoms with Crippen molar-refractivity contribution in [3.8, 4) is 17.1 Å². The SMILES string of the molecule is NCCCOc1cccc(-c2nc3c(NC=O)cccc3[nH]2)c1. The number of nitrogens with one attached hydrogen (secondary N) is 2. The number of anilines is 1. The summed E-state index contributed by atoms with van der Waals surface area (Å²) in [7, 11) is 0. The fourth-order valence-electron chi connectivity index (χ4n) is 2.36. The molecule has 6 nitrogen and oxygen atoms in total. The van der Waals surface area contributed by atoms with Crippen LogP contribution in [0.25, 0.3) is 22.4 Å². The minimum absolute atomic E-state index is 0.591. The number of nitrogens with two attached hydrogens (primary N) is 1. The summed E-state index contributed by atoms with van der Waals surface area (Å²) in [5, 5.41) is 2.66. The van der Waals surface area contributed by atoms with Crippen LogP contribution in [-0.4, -0.2) is 29.5 Å². The standard InChI is InChI=1S/C17H18N4O2/c18-8-3-9-23-13-5-1-4-12(10-13)17-20-15-7-2-6-14(19-11-22)16(15)21-17/h1-2,4-7,10-11H,3,8-9,18H2,(H,19,22)(H,20,21). The fraction of sp³-hybridized carbons (Fsp3) is 0.176.